The quantitative estimate of drug-likeness (QED) is 0.0557. The minimum atomic E-state index is -0.205. The van der Waals surface area contributed by atoms with Gasteiger partial charge in [0.2, 0.25) is 11.8 Å². The van der Waals surface area contributed by atoms with Crippen molar-refractivity contribution in [2.24, 2.45) is 5.92 Å². The molecule has 0 saturated carbocycles. The molecular weight excluding hydrogens is 773 g/mol. The van der Waals surface area contributed by atoms with Gasteiger partial charge in [0.15, 0.2) is 17.9 Å². The van der Waals surface area contributed by atoms with Gasteiger partial charge in [0.05, 0.1) is 47.7 Å². The number of nitrogens with zero attached hydrogens (tertiary/aromatic N) is 6. The smallest absolute Gasteiger partial charge is 0.257 e. The van der Waals surface area contributed by atoms with Gasteiger partial charge in [-0.2, -0.15) is 4.57 Å². The number of rotatable bonds is 17. The molecule has 0 unspecified atom stereocenters. The van der Waals surface area contributed by atoms with Crippen molar-refractivity contribution in [3.63, 3.8) is 0 Å². The Morgan fingerprint density at radius 2 is 1.58 bits per heavy atom. The number of para-hydroxylation sites is 3. The minimum absolute atomic E-state index is 0.0294. The number of pyridine rings is 1. The number of nitrogens with one attached hydrogen (secondary N) is 2. The molecule has 11 heteroatoms. The van der Waals surface area contributed by atoms with Gasteiger partial charge in [-0.25, -0.2) is 4.98 Å². The summed E-state index contributed by atoms with van der Waals surface area (Å²) in [6, 6.07) is 27.7. The summed E-state index contributed by atoms with van der Waals surface area (Å²) < 4.78 is 4.39. The zero-order valence-corrected chi connectivity index (χ0v) is 36.7. The molecule has 2 aliphatic rings. The number of allylic oxidation sites excluding steroid dienone is 2. The third kappa shape index (κ3) is 11.5. The van der Waals surface area contributed by atoms with Crippen LogP contribution in [0.15, 0.2) is 110 Å². The number of carbonyl (C=O) groups excluding carboxylic acids is 3. The molecule has 0 aliphatic carbocycles. The van der Waals surface area contributed by atoms with Gasteiger partial charge in [-0.1, -0.05) is 73.5 Å². The summed E-state index contributed by atoms with van der Waals surface area (Å²) >= 11 is 0. The first-order valence-corrected chi connectivity index (χ1v) is 22.1. The molecule has 11 nitrogen and oxygen atoms in total. The van der Waals surface area contributed by atoms with Crippen LogP contribution in [0.2, 0.25) is 0 Å². The highest BCUT2D eigenvalue weighted by Gasteiger charge is 2.31. The van der Waals surface area contributed by atoms with Crippen molar-refractivity contribution in [1.29, 1.82) is 0 Å². The van der Waals surface area contributed by atoms with E-state index in [0.717, 1.165) is 74.5 Å². The molecule has 2 aliphatic heterocycles. The summed E-state index contributed by atoms with van der Waals surface area (Å²) in [4.78, 5) is 50.2. The van der Waals surface area contributed by atoms with Crippen molar-refractivity contribution in [1.82, 2.24) is 19.8 Å². The van der Waals surface area contributed by atoms with Crippen LogP contribution in [0.4, 0.5) is 22.7 Å². The van der Waals surface area contributed by atoms with Crippen molar-refractivity contribution in [3.8, 4) is 0 Å². The Balaban J connectivity index is 0.771. The first kappa shape index (κ1) is 43.7. The van der Waals surface area contributed by atoms with Crippen LogP contribution in [0.1, 0.15) is 77.1 Å². The third-order valence-corrected chi connectivity index (χ3v) is 12.0. The van der Waals surface area contributed by atoms with Gasteiger partial charge >= 0.3 is 0 Å². The molecule has 1 fully saturated rings. The molecule has 3 aromatic carbocycles. The molecule has 2 aromatic heterocycles. The Morgan fingerprint density at radius 3 is 2.32 bits per heavy atom. The summed E-state index contributed by atoms with van der Waals surface area (Å²) in [5, 5.41) is 6.07. The fourth-order valence-electron chi connectivity index (χ4n) is 8.56. The molecule has 1 saturated heterocycles. The largest absolute Gasteiger partial charge is 0.378 e. The van der Waals surface area contributed by atoms with Gasteiger partial charge in [0.1, 0.15) is 0 Å². The van der Waals surface area contributed by atoms with Crippen molar-refractivity contribution in [2.75, 3.05) is 55.4 Å². The molecular formula is C51H61N8O3+. The van der Waals surface area contributed by atoms with Gasteiger partial charge in [-0.3, -0.25) is 24.2 Å². The lowest BCUT2D eigenvalue weighted by Gasteiger charge is -2.33. The van der Waals surface area contributed by atoms with E-state index >= 15 is 0 Å². The highest BCUT2D eigenvalue weighted by Crippen LogP contribution is 2.38. The zero-order chi connectivity index (χ0) is 43.4. The topological polar surface area (TPSA) is 107 Å². The van der Waals surface area contributed by atoms with Gasteiger partial charge in [-0.05, 0) is 92.2 Å². The molecule has 5 aromatic rings. The van der Waals surface area contributed by atoms with Gasteiger partial charge in [0, 0.05) is 64.9 Å². The number of aryl methyl sites for hydroxylation is 4. The second-order valence-corrected chi connectivity index (χ2v) is 16.8. The maximum Gasteiger partial charge on any atom is 0.257 e. The number of hydrogen-bond acceptors (Lipinski definition) is 6. The maximum absolute atomic E-state index is 13.9. The van der Waals surface area contributed by atoms with Crippen LogP contribution in [0.3, 0.4) is 0 Å². The van der Waals surface area contributed by atoms with Gasteiger partial charge < -0.3 is 20.1 Å². The molecule has 0 bridgehead atoms. The molecule has 0 atom stereocenters. The van der Waals surface area contributed by atoms with E-state index in [4.69, 9.17) is 0 Å². The lowest BCUT2D eigenvalue weighted by atomic mass is 9.91. The predicted molar refractivity (Wildman–Crippen MR) is 250 cm³/mol. The second-order valence-electron chi connectivity index (χ2n) is 16.8. The third-order valence-electron chi connectivity index (χ3n) is 12.0. The molecule has 322 valence electrons. The maximum atomic E-state index is 13.9. The standard InChI is InChI=1S/C51H60N8O3/c1-38-33-42(15-6-5-13-40-20-23-44(24-21-40)55(3)4)34-39(2)58(38)32-28-52-49(60)25-22-43-35-57(37-53-43)29-12-11-14-41-26-30-56(31-27-41)36-50(61)59-47-18-9-7-16-45(47)51(62)54-46-17-8-10-19-48(46)59/h5-10,13,15-21,23-24,33-35,37,41H,11-12,14,22,25-32,36H2,1-4H3,(H-,52,54,60,62)/p+1. The average molecular weight is 834 g/mol. The lowest BCUT2D eigenvalue weighted by Crippen LogP contribution is -2.45. The molecule has 7 rings (SSSR count). The Kier molecular flexibility index (Phi) is 14.8. The lowest BCUT2D eigenvalue weighted by molar-refractivity contribution is -0.706. The van der Waals surface area contributed by atoms with Crippen LogP contribution in [0, 0.1) is 19.8 Å². The molecule has 62 heavy (non-hydrogen) atoms. The molecule has 2 N–H and O–H groups in total. The van der Waals surface area contributed by atoms with Crippen molar-refractivity contribution in [2.45, 2.75) is 71.9 Å². The number of unbranched alkanes of at least 4 members (excludes halogenated alkanes) is 1. The summed E-state index contributed by atoms with van der Waals surface area (Å²) in [6.07, 6.45) is 18.9. The molecule has 4 heterocycles. The molecule has 0 spiro atoms. The Hall–Kier alpha value is -6.33. The highest BCUT2D eigenvalue weighted by molar-refractivity contribution is 6.17. The van der Waals surface area contributed by atoms with E-state index < -0.39 is 0 Å². The van der Waals surface area contributed by atoms with Crippen LogP contribution >= 0.6 is 0 Å². The number of aromatic nitrogens is 3. The number of carbonyl (C=O) groups is 3. The van der Waals surface area contributed by atoms with E-state index in [9.17, 15) is 14.4 Å². The first-order valence-electron chi connectivity index (χ1n) is 22.1. The van der Waals surface area contributed by atoms with Crippen LogP contribution in [-0.4, -0.2) is 72.4 Å². The van der Waals surface area contributed by atoms with Crippen LogP contribution < -0.4 is 25.0 Å². The highest BCUT2D eigenvalue weighted by atomic mass is 16.2. The summed E-state index contributed by atoms with van der Waals surface area (Å²) in [5.74, 6) is 0.458. The van der Waals surface area contributed by atoms with Crippen LogP contribution in [-0.2, 0) is 29.1 Å². The SMILES string of the molecule is Cc1cc(C=CC=Cc2ccc(N(C)C)cc2)cc(C)[n+]1CCNC(=O)CCc1cn(CCCCC2CCN(CC(=O)N3c4ccccc4NC(=O)c4ccccc43)CC2)cn1. The number of likely N-dealkylation sites (tertiary alicyclic amines) is 1. The summed E-state index contributed by atoms with van der Waals surface area (Å²) in [6.45, 7) is 8.52. The summed E-state index contributed by atoms with van der Waals surface area (Å²) in [7, 11) is 4.09. The van der Waals surface area contributed by atoms with Crippen molar-refractivity contribution in [3.05, 3.63) is 143 Å². The van der Waals surface area contributed by atoms with Gasteiger partial charge in [-0.15, -0.1) is 0 Å². The van der Waals surface area contributed by atoms with Crippen LogP contribution in [0.5, 0.6) is 0 Å². The number of piperidine rings is 1. The monoisotopic (exact) mass is 833 g/mol. The number of amides is 3. The van der Waals surface area contributed by atoms with E-state index in [0.29, 0.717) is 54.5 Å². The fraction of sp³-hybridized carbons (Fsp3) is 0.353. The first-order chi connectivity index (χ1) is 30.1. The number of fused-ring (bicyclic) bond motifs is 2. The van der Waals surface area contributed by atoms with Gasteiger partial charge in [0.25, 0.3) is 5.91 Å². The van der Waals surface area contributed by atoms with E-state index in [-0.39, 0.29) is 17.7 Å². The average Bonchev–Trinajstić information content (AvgIpc) is 3.68. The van der Waals surface area contributed by atoms with E-state index in [1.165, 1.54) is 17.7 Å². The van der Waals surface area contributed by atoms with Crippen molar-refractivity contribution < 1.29 is 19.0 Å². The minimum Gasteiger partial charge on any atom is -0.378 e. The van der Waals surface area contributed by atoms with Crippen molar-refractivity contribution >= 4 is 52.6 Å². The number of imidazole rings is 1. The second kappa shape index (κ2) is 21.0. The summed E-state index contributed by atoms with van der Waals surface area (Å²) in [5.41, 5.74) is 9.21. The zero-order valence-electron chi connectivity index (χ0n) is 36.7. The Labute approximate surface area is 366 Å². The fourth-order valence-corrected chi connectivity index (χ4v) is 8.56. The normalized spacial score (nSPS) is 14.5. The Morgan fingerprint density at radius 1 is 0.887 bits per heavy atom. The van der Waals surface area contributed by atoms with E-state index in [1.54, 1.807) is 11.0 Å². The van der Waals surface area contributed by atoms with Crippen LogP contribution in [0.25, 0.3) is 12.2 Å². The number of benzene rings is 3. The molecule has 3 amide bonds. The number of anilines is 4. The predicted octanol–water partition coefficient (Wildman–Crippen LogP) is 8.14. The van der Waals surface area contributed by atoms with E-state index in [2.05, 4.69) is 115 Å². The Bertz CT molecular complexity index is 2370. The molecule has 0 radical (unpaired) electrons. The number of hydrogen-bond donors (Lipinski definition) is 2. The van der Waals surface area contributed by atoms with E-state index in [1.807, 2.05) is 62.9 Å².